The van der Waals surface area contributed by atoms with Crippen molar-refractivity contribution in [1.82, 2.24) is 5.32 Å². The summed E-state index contributed by atoms with van der Waals surface area (Å²) in [6, 6.07) is 5.54. The van der Waals surface area contributed by atoms with Crippen molar-refractivity contribution in [3.8, 4) is 5.75 Å². The minimum absolute atomic E-state index is 0.0681. The van der Waals surface area contributed by atoms with E-state index >= 15 is 0 Å². The summed E-state index contributed by atoms with van der Waals surface area (Å²) in [5.41, 5.74) is 7.90. The van der Waals surface area contributed by atoms with Gasteiger partial charge in [0, 0.05) is 0 Å². The molecule has 0 saturated heterocycles. The van der Waals surface area contributed by atoms with Crippen LogP contribution in [0.25, 0.3) is 0 Å². The number of methoxy groups -OCH3 is 1. The molecular formula is C13H18N2O2. The summed E-state index contributed by atoms with van der Waals surface area (Å²) < 4.78 is 5.32. The second-order valence-corrected chi connectivity index (χ2v) is 4.42. The third-order valence-electron chi connectivity index (χ3n) is 3.18. The van der Waals surface area contributed by atoms with E-state index < -0.39 is 6.04 Å². The zero-order valence-corrected chi connectivity index (χ0v) is 10.2. The van der Waals surface area contributed by atoms with Gasteiger partial charge in [0.1, 0.15) is 5.75 Å². The lowest BCUT2D eigenvalue weighted by Crippen LogP contribution is -2.39. The number of benzene rings is 1. The van der Waals surface area contributed by atoms with Crippen LogP contribution in [-0.2, 0) is 11.2 Å². The van der Waals surface area contributed by atoms with Gasteiger partial charge in [-0.3, -0.25) is 4.79 Å². The molecule has 2 atom stereocenters. The summed E-state index contributed by atoms with van der Waals surface area (Å²) in [5.74, 6) is 0.797. The molecule has 1 aliphatic rings. The molecule has 0 fully saturated rings. The van der Waals surface area contributed by atoms with E-state index in [2.05, 4.69) is 5.32 Å². The summed E-state index contributed by atoms with van der Waals surface area (Å²) >= 11 is 0. The first-order chi connectivity index (χ1) is 8.13. The largest absolute Gasteiger partial charge is 0.496 e. The first-order valence-electron chi connectivity index (χ1n) is 5.85. The van der Waals surface area contributed by atoms with Crippen LogP contribution in [0.2, 0.25) is 0 Å². The van der Waals surface area contributed by atoms with Crippen LogP contribution in [0.3, 0.4) is 0 Å². The highest BCUT2D eigenvalue weighted by atomic mass is 16.5. The Morgan fingerprint density at radius 3 is 3.00 bits per heavy atom. The lowest BCUT2D eigenvalue weighted by Gasteiger charge is -2.16. The van der Waals surface area contributed by atoms with E-state index in [1.807, 2.05) is 18.2 Å². The number of carbonyl (C=O) groups is 1. The fraction of sp³-hybridized carbons (Fsp3) is 0.462. The van der Waals surface area contributed by atoms with Crippen LogP contribution in [0.15, 0.2) is 18.2 Å². The zero-order valence-electron chi connectivity index (χ0n) is 10.2. The van der Waals surface area contributed by atoms with Crippen LogP contribution in [0.4, 0.5) is 0 Å². The van der Waals surface area contributed by atoms with Gasteiger partial charge in [-0.2, -0.15) is 0 Å². The minimum atomic E-state index is -0.468. The molecule has 0 aromatic heterocycles. The number of hydrogen-bond donors (Lipinski definition) is 2. The van der Waals surface area contributed by atoms with Crippen LogP contribution in [0.1, 0.15) is 30.5 Å². The Hall–Kier alpha value is -1.55. The van der Waals surface area contributed by atoms with Crippen molar-refractivity contribution in [2.45, 2.75) is 31.8 Å². The molecule has 0 heterocycles. The lowest BCUT2D eigenvalue weighted by atomic mass is 10.1. The van der Waals surface area contributed by atoms with Gasteiger partial charge in [0.05, 0.1) is 19.2 Å². The van der Waals surface area contributed by atoms with Gasteiger partial charge in [0.25, 0.3) is 0 Å². The van der Waals surface area contributed by atoms with Crippen molar-refractivity contribution < 1.29 is 9.53 Å². The van der Waals surface area contributed by atoms with Crippen molar-refractivity contribution in [3.63, 3.8) is 0 Å². The fourth-order valence-electron chi connectivity index (χ4n) is 2.27. The SMILES string of the molecule is COc1cccc2c1CCC2NC(=O)[C@@H](C)N. The molecule has 17 heavy (non-hydrogen) atoms. The van der Waals surface area contributed by atoms with E-state index in [9.17, 15) is 4.79 Å². The second kappa shape index (κ2) is 4.75. The summed E-state index contributed by atoms with van der Waals surface area (Å²) in [6.07, 6.45) is 1.84. The smallest absolute Gasteiger partial charge is 0.237 e. The second-order valence-electron chi connectivity index (χ2n) is 4.42. The molecular weight excluding hydrogens is 216 g/mol. The van der Waals surface area contributed by atoms with Crippen molar-refractivity contribution in [2.75, 3.05) is 7.11 Å². The molecule has 1 aliphatic carbocycles. The Kier molecular flexibility index (Phi) is 3.33. The average Bonchev–Trinajstić information content (AvgIpc) is 2.72. The maximum atomic E-state index is 11.6. The van der Waals surface area contributed by atoms with Gasteiger partial charge in [0.2, 0.25) is 5.91 Å². The molecule has 2 rings (SSSR count). The van der Waals surface area contributed by atoms with Gasteiger partial charge in [-0.05, 0) is 37.0 Å². The van der Waals surface area contributed by atoms with Crippen LogP contribution < -0.4 is 15.8 Å². The van der Waals surface area contributed by atoms with E-state index in [1.165, 1.54) is 5.56 Å². The van der Waals surface area contributed by atoms with E-state index in [-0.39, 0.29) is 11.9 Å². The molecule has 1 unspecified atom stereocenters. The molecule has 0 spiro atoms. The fourth-order valence-corrected chi connectivity index (χ4v) is 2.27. The standard InChI is InChI=1S/C13H18N2O2/c1-8(14)13(16)15-11-7-6-10-9(11)4-3-5-12(10)17-2/h3-5,8,11H,6-7,14H2,1-2H3,(H,15,16)/t8-,11?/m1/s1. The normalized spacial score (nSPS) is 19.6. The predicted molar refractivity (Wildman–Crippen MR) is 65.8 cm³/mol. The summed E-state index contributed by atoms with van der Waals surface area (Å²) in [4.78, 5) is 11.6. The molecule has 1 aromatic rings. The van der Waals surface area contributed by atoms with Crippen molar-refractivity contribution in [2.24, 2.45) is 5.73 Å². The van der Waals surface area contributed by atoms with Gasteiger partial charge < -0.3 is 15.8 Å². The van der Waals surface area contributed by atoms with Crippen LogP contribution >= 0.6 is 0 Å². The zero-order chi connectivity index (χ0) is 12.4. The lowest BCUT2D eigenvalue weighted by molar-refractivity contribution is -0.122. The minimum Gasteiger partial charge on any atom is -0.496 e. The molecule has 0 radical (unpaired) electrons. The number of amides is 1. The Balaban J connectivity index is 2.20. The highest BCUT2D eigenvalue weighted by Crippen LogP contribution is 2.36. The summed E-state index contributed by atoms with van der Waals surface area (Å²) in [5, 5.41) is 2.97. The highest BCUT2D eigenvalue weighted by Gasteiger charge is 2.26. The van der Waals surface area contributed by atoms with Crippen LogP contribution in [0.5, 0.6) is 5.75 Å². The highest BCUT2D eigenvalue weighted by molar-refractivity contribution is 5.81. The Labute approximate surface area is 101 Å². The number of fused-ring (bicyclic) bond motifs is 1. The number of hydrogen-bond acceptors (Lipinski definition) is 3. The van der Waals surface area contributed by atoms with Gasteiger partial charge in [-0.25, -0.2) is 0 Å². The first kappa shape index (κ1) is 11.9. The molecule has 92 valence electrons. The molecule has 0 aliphatic heterocycles. The summed E-state index contributed by atoms with van der Waals surface area (Å²) in [6.45, 7) is 1.69. The van der Waals surface area contributed by atoms with Crippen LogP contribution in [0, 0.1) is 0 Å². The Morgan fingerprint density at radius 1 is 1.59 bits per heavy atom. The third kappa shape index (κ3) is 2.26. The Morgan fingerprint density at radius 2 is 2.35 bits per heavy atom. The van der Waals surface area contributed by atoms with E-state index in [4.69, 9.17) is 10.5 Å². The molecule has 1 aromatic carbocycles. The average molecular weight is 234 g/mol. The number of ether oxygens (including phenoxy) is 1. The molecule has 0 saturated carbocycles. The predicted octanol–water partition coefficient (Wildman–Crippen LogP) is 1.15. The van der Waals surface area contributed by atoms with Gasteiger partial charge >= 0.3 is 0 Å². The van der Waals surface area contributed by atoms with E-state index in [0.717, 1.165) is 24.2 Å². The van der Waals surface area contributed by atoms with E-state index in [1.54, 1.807) is 14.0 Å². The van der Waals surface area contributed by atoms with Gasteiger partial charge in [0.15, 0.2) is 0 Å². The Bertz CT molecular complexity index is 429. The number of nitrogens with two attached hydrogens (primary N) is 1. The molecule has 1 amide bonds. The molecule has 0 bridgehead atoms. The number of carbonyl (C=O) groups excluding carboxylic acids is 1. The van der Waals surface area contributed by atoms with Crippen molar-refractivity contribution in [1.29, 1.82) is 0 Å². The maximum absolute atomic E-state index is 11.6. The monoisotopic (exact) mass is 234 g/mol. The third-order valence-corrected chi connectivity index (χ3v) is 3.18. The van der Waals surface area contributed by atoms with Gasteiger partial charge in [-0.1, -0.05) is 12.1 Å². The van der Waals surface area contributed by atoms with Gasteiger partial charge in [-0.15, -0.1) is 0 Å². The molecule has 4 heteroatoms. The van der Waals surface area contributed by atoms with Crippen molar-refractivity contribution in [3.05, 3.63) is 29.3 Å². The van der Waals surface area contributed by atoms with Crippen LogP contribution in [-0.4, -0.2) is 19.1 Å². The number of rotatable bonds is 3. The molecule has 3 N–H and O–H groups in total. The topological polar surface area (TPSA) is 64.3 Å². The quantitative estimate of drug-likeness (QED) is 0.824. The summed E-state index contributed by atoms with van der Waals surface area (Å²) in [7, 11) is 1.67. The number of nitrogens with one attached hydrogen (secondary N) is 1. The van der Waals surface area contributed by atoms with E-state index in [0.29, 0.717) is 0 Å². The maximum Gasteiger partial charge on any atom is 0.237 e. The molecule has 4 nitrogen and oxygen atoms in total. The van der Waals surface area contributed by atoms with Crippen molar-refractivity contribution >= 4 is 5.91 Å². The first-order valence-corrected chi connectivity index (χ1v) is 5.85.